The molecule has 0 aromatic heterocycles. The van der Waals surface area contributed by atoms with Gasteiger partial charge in [0, 0.05) is 20.1 Å². The fraction of sp³-hybridized carbons (Fsp3) is 0.750. The summed E-state index contributed by atoms with van der Waals surface area (Å²) >= 11 is 0. The molecule has 0 aliphatic rings. The summed E-state index contributed by atoms with van der Waals surface area (Å²) in [5.74, 6) is -2.40. The summed E-state index contributed by atoms with van der Waals surface area (Å²) in [6.07, 6.45) is 0. The molecule has 1 atom stereocenters. The number of carbonyl (C=O) groups is 2. The molecular formula is C8H16N2O3. The van der Waals surface area contributed by atoms with E-state index in [0.717, 1.165) is 0 Å². The van der Waals surface area contributed by atoms with Gasteiger partial charge in [-0.05, 0) is 14.0 Å². The summed E-state index contributed by atoms with van der Waals surface area (Å²) in [7, 11) is 3.37. The Labute approximate surface area is 77.7 Å². The number of carbonyl (C=O) groups excluding carboxylic acids is 1. The van der Waals surface area contributed by atoms with Crippen molar-refractivity contribution in [2.45, 2.75) is 6.92 Å². The highest BCUT2D eigenvalue weighted by atomic mass is 16.4. The largest absolute Gasteiger partial charge is 0.481 e. The molecule has 76 valence electrons. The van der Waals surface area contributed by atoms with Gasteiger partial charge in [-0.2, -0.15) is 0 Å². The van der Waals surface area contributed by atoms with Crippen LogP contribution in [0.2, 0.25) is 0 Å². The van der Waals surface area contributed by atoms with Crippen molar-refractivity contribution in [2.75, 3.05) is 27.2 Å². The minimum absolute atomic E-state index is 0.359. The topological polar surface area (TPSA) is 69.6 Å². The molecule has 5 heteroatoms. The van der Waals surface area contributed by atoms with E-state index in [0.29, 0.717) is 13.1 Å². The first-order chi connectivity index (χ1) is 6.00. The first kappa shape index (κ1) is 11.9. The molecule has 0 aromatic carbocycles. The van der Waals surface area contributed by atoms with Crippen LogP contribution in [0.4, 0.5) is 0 Å². The van der Waals surface area contributed by atoms with E-state index in [9.17, 15) is 9.59 Å². The van der Waals surface area contributed by atoms with E-state index in [2.05, 4.69) is 5.32 Å². The SMILES string of the molecule is CNCCN(C)C(=O)C(C)C(=O)O. The summed E-state index contributed by atoms with van der Waals surface area (Å²) in [4.78, 5) is 23.2. The Bertz CT molecular complexity index is 194. The maximum Gasteiger partial charge on any atom is 0.315 e. The number of hydrogen-bond acceptors (Lipinski definition) is 3. The molecule has 0 aromatic rings. The van der Waals surface area contributed by atoms with Crippen molar-refractivity contribution < 1.29 is 14.7 Å². The number of nitrogens with zero attached hydrogens (tertiary/aromatic N) is 1. The van der Waals surface area contributed by atoms with Gasteiger partial charge in [-0.15, -0.1) is 0 Å². The Morgan fingerprint density at radius 1 is 1.54 bits per heavy atom. The minimum atomic E-state index is -1.08. The predicted octanol–water partition coefficient (Wildman–Crippen LogP) is -0.615. The average molecular weight is 188 g/mol. The van der Waals surface area contributed by atoms with Crippen LogP contribution in [0.15, 0.2) is 0 Å². The van der Waals surface area contributed by atoms with Gasteiger partial charge >= 0.3 is 5.97 Å². The van der Waals surface area contributed by atoms with Crippen molar-refractivity contribution in [3.8, 4) is 0 Å². The van der Waals surface area contributed by atoms with Gasteiger partial charge in [-0.1, -0.05) is 0 Å². The Morgan fingerprint density at radius 3 is 2.46 bits per heavy atom. The molecule has 1 unspecified atom stereocenters. The molecule has 0 radical (unpaired) electrons. The Kier molecular flexibility index (Phi) is 5.06. The van der Waals surface area contributed by atoms with Crippen molar-refractivity contribution in [2.24, 2.45) is 5.92 Å². The highest BCUT2D eigenvalue weighted by molar-refractivity contribution is 5.96. The lowest BCUT2D eigenvalue weighted by Crippen LogP contribution is -2.38. The Balaban J connectivity index is 4.01. The lowest BCUT2D eigenvalue weighted by molar-refractivity contribution is -0.149. The third-order valence-corrected chi connectivity index (χ3v) is 1.81. The van der Waals surface area contributed by atoms with Crippen LogP contribution in [0.1, 0.15) is 6.92 Å². The first-order valence-corrected chi connectivity index (χ1v) is 4.13. The summed E-state index contributed by atoms with van der Waals surface area (Å²) < 4.78 is 0. The number of rotatable bonds is 5. The maximum absolute atomic E-state index is 11.3. The lowest BCUT2D eigenvalue weighted by Gasteiger charge is -2.18. The van der Waals surface area contributed by atoms with E-state index >= 15 is 0 Å². The number of carboxylic acid groups (broad SMARTS) is 1. The van der Waals surface area contributed by atoms with Crippen molar-refractivity contribution >= 4 is 11.9 Å². The molecule has 0 rings (SSSR count). The molecule has 0 heterocycles. The van der Waals surface area contributed by atoms with Crippen LogP contribution < -0.4 is 5.32 Å². The number of aliphatic carboxylic acids is 1. The van der Waals surface area contributed by atoms with Gasteiger partial charge in [0.05, 0.1) is 0 Å². The zero-order valence-electron chi connectivity index (χ0n) is 8.20. The summed E-state index contributed by atoms with van der Waals surface area (Å²) in [5, 5.41) is 11.4. The second-order valence-electron chi connectivity index (χ2n) is 2.92. The zero-order chi connectivity index (χ0) is 10.4. The van der Waals surface area contributed by atoms with E-state index in [4.69, 9.17) is 5.11 Å². The van der Waals surface area contributed by atoms with Crippen LogP contribution in [0.5, 0.6) is 0 Å². The van der Waals surface area contributed by atoms with Gasteiger partial charge < -0.3 is 15.3 Å². The Morgan fingerprint density at radius 2 is 2.08 bits per heavy atom. The maximum atomic E-state index is 11.3. The number of hydrogen-bond donors (Lipinski definition) is 2. The lowest BCUT2D eigenvalue weighted by atomic mass is 10.1. The fourth-order valence-corrected chi connectivity index (χ4v) is 0.826. The standard InChI is InChI=1S/C8H16N2O3/c1-6(8(12)13)7(11)10(3)5-4-9-2/h6,9H,4-5H2,1-3H3,(H,12,13). The van der Waals surface area contributed by atoms with Gasteiger partial charge in [0.25, 0.3) is 0 Å². The zero-order valence-corrected chi connectivity index (χ0v) is 8.20. The van der Waals surface area contributed by atoms with Crippen LogP contribution >= 0.6 is 0 Å². The summed E-state index contributed by atoms with van der Waals surface area (Å²) in [5.41, 5.74) is 0. The number of nitrogens with one attached hydrogen (secondary N) is 1. The molecule has 0 fully saturated rings. The number of likely N-dealkylation sites (N-methyl/N-ethyl adjacent to an activating group) is 2. The summed E-state index contributed by atoms with van der Waals surface area (Å²) in [6, 6.07) is 0. The highest BCUT2D eigenvalue weighted by Gasteiger charge is 2.23. The molecule has 2 N–H and O–H groups in total. The van der Waals surface area contributed by atoms with Crippen LogP contribution in [-0.4, -0.2) is 49.1 Å². The van der Waals surface area contributed by atoms with E-state index in [1.165, 1.54) is 11.8 Å². The number of carboxylic acids is 1. The molecule has 0 saturated carbocycles. The van der Waals surface area contributed by atoms with E-state index in [-0.39, 0.29) is 5.91 Å². The van der Waals surface area contributed by atoms with Crippen LogP contribution in [0.3, 0.4) is 0 Å². The molecular weight excluding hydrogens is 172 g/mol. The molecule has 0 aliphatic carbocycles. The van der Waals surface area contributed by atoms with Crippen LogP contribution in [0.25, 0.3) is 0 Å². The first-order valence-electron chi connectivity index (χ1n) is 4.13. The third kappa shape index (κ3) is 3.89. The average Bonchev–Trinajstić information content (AvgIpc) is 2.11. The molecule has 5 nitrogen and oxygen atoms in total. The number of amides is 1. The highest BCUT2D eigenvalue weighted by Crippen LogP contribution is 1.99. The monoisotopic (exact) mass is 188 g/mol. The van der Waals surface area contributed by atoms with E-state index in [1.807, 2.05) is 0 Å². The molecule has 0 bridgehead atoms. The minimum Gasteiger partial charge on any atom is -0.481 e. The third-order valence-electron chi connectivity index (χ3n) is 1.81. The van der Waals surface area contributed by atoms with Crippen LogP contribution in [0, 0.1) is 5.92 Å². The van der Waals surface area contributed by atoms with Gasteiger partial charge in [-0.25, -0.2) is 0 Å². The van der Waals surface area contributed by atoms with Crippen LogP contribution in [-0.2, 0) is 9.59 Å². The molecule has 0 aliphatic heterocycles. The van der Waals surface area contributed by atoms with Gasteiger partial charge in [0.1, 0.15) is 5.92 Å². The van der Waals surface area contributed by atoms with Crippen molar-refractivity contribution in [3.63, 3.8) is 0 Å². The molecule has 1 amide bonds. The molecule has 0 spiro atoms. The molecule has 0 saturated heterocycles. The summed E-state index contributed by atoms with van der Waals surface area (Å²) in [6.45, 7) is 2.57. The van der Waals surface area contributed by atoms with E-state index in [1.54, 1.807) is 14.1 Å². The predicted molar refractivity (Wildman–Crippen MR) is 48.4 cm³/mol. The fourth-order valence-electron chi connectivity index (χ4n) is 0.826. The molecule has 13 heavy (non-hydrogen) atoms. The van der Waals surface area contributed by atoms with Crippen molar-refractivity contribution in [1.82, 2.24) is 10.2 Å². The quantitative estimate of drug-likeness (QED) is 0.564. The van der Waals surface area contributed by atoms with E-state index < -0.39 is 11.9 Å². The van der Waals surface area contributed by atoms with Gasteiger partial charge in [-0.3, -0.25) is 9.59 Å². The van der Waals surface area contributed by atoms with Crippen molar-refractivity contribution in [1.29, 1.82) is 0 Å². The van der Waals surface area contributed by atoms with Gasteiger partial charge in [0.2, 0.25) is 5.91 Å². The Hall–Kier alpha value is -1.10. The second-order valence-corrected chi connectivity index (χ2v) is 2.92. The van der Waals surface area contributed by atoms with Gasteiger partial charge in [0.15, 0.2) is 0 Å². The smallest absolute Gasteiger partial charge is 0.315 e. The van der Waals surface area contributed by atoms with Crippen molar-refractivity contribution in [3.05, 3.63) is 0 Å². The normalized spacial score (nSPS) is 12.2. The second kappa shape index (κ2) is 5.53.